The van der Waals surface area contributed by atoms with Gasteiger partial charge in [-0.2, -0.15) is 0 Å². The third-order valence-corrected chi connectivity index (χ3v) is 4.19. The van der Waals surface area contributed by atoms with Crippen molar-refractivity contribution in [3.63, 3.8) is 0 Å². The van der Waals surface area contributed by atoms with Crippen LogP contribution in [-0.4, -0.2) is 6.29 Å². The molecule has 1 nitrogen and oxygen atoms in total. The summed E-state index contributed by atoms with van der Waals surface area (Å²) in [4.78, 5) is 13.1. The Morgan fingerprint density at radius 3 is 2.47 bits per heavy atom. The molecule has 0 saturated heterocycles. The van der Waals surface area contributed by atoms with Gasteiger partial charge in [-0.3, -0.25) is 4.79 Å². The molecule has 0 unspecified atom stereocenters. The predicted octanol–water partition coefficient (Wildman–Crippen LogP) is 5.18. The number of rotatable bonds is 3. The van der Waals surface area contributed by atoms with Crippen LogP contribution in [0, 0.1) is 0 Å². The first-order chi connectivity index (χ1) is 8.19. The maximum atomic E-state index is 11.0. The van der Waals surface area contributed by atoms with Crippen molar-refractivity contribution in [3.05, 3.63) is 57.0 Å². The quantitative estimate of drug-likeness (QED) is 0.692. The van der Waals surface area contributed by atoms with Gasteiger partial charge in [0.25, 0.3) is 0 Å². The first kappa shape index (κ1) is 12.9. The van der Waals surface area contributed by atoms with Gasteiger partial charge in [-0.1, -0.05) is 49.7 Å². The maximum absolute atomic E-state index is 11.0. The zero-order valence-electron chi connectivity index (χ0n) is 8.69. The highest BCUT2D eigenvalue weighted by Gasteiger charge is 2.04. The molecule has 0 aliphatic heterocycles. The first-order valence-corrected chi connectivity index (χ1v) is 7.27. The second-order valence-electron chi connectivity index (χ2n) is 3.36. The van der Waals surface area contributed by atoms with Crippen LogP contribution in [0.15, 0.2) is 61.2 Å². The molecule has 0 atom stereocenters. The lowest BCUT2D eigenvalue weighted by Crippen LogP contribution is -1.85. The predicted molar refractivity (Wildman–Crippen MR) is 77.8 cm³/mol. The molecule has 0 spiro atoms. The molecule has 0 saturated carbocycles. The normalized spacial score (nSPS) is 10.2. The summed E-state index contributed by atoms with van der Waals surface area (Å²) in [7, 11) is 0. The van der Waals surface area contributed by atoms with Gasteiger partial charge in [-0.25, -0.2) is 0 Å². The molecular formula is C13H8Br2OS. The third-order valence-electron chi connectivity index (χ3n) is 2.12. The Morgan fingerprint density at radius 2 is 1.76 bits per heavy atom. The van der Waals surface area contributed by atoms with Crippen LogP contribution in [0.1, 0.15) is 10.4 Å². The van der Waals surface area contributed by atoms with Crippen LogP contribution in [-0.2, 0) is 0 Å². The Labute approximate surface area is 121 Å². The van der Waals surface area contributed by atoms with Gasteiger partial charge in [0.1, 0.15) is 0 Å². The fourth-order valence-electron chi connectivity index (χ4n) is 1.36. The van der Waals surface area contributed by atoms with Gasteiger partial charge < -0.3 is 0 Å². The van der Waals surface area contributed by atoms with Crippen molar-refractivity contribution in [1.29, 1.82) is 0 Å². The number of carbonyl (C=O) groups excluding carboxylic acids is 1. The molecule has 0 bridgehead atoms. The Kier molecular flexibility index (Phi) is 4.42. The van der Waals surface area contributed by atoms with E-state index in [-0.39, 0.29) is 0 Å². The van der Waals surface area contributed by atoms with Crippen LogP contribution < -0.4 is 0 Å². The molecule has 0 aromatic heterocycles. The number of benzene rings is 2. The molecule has 2 aromatic rings. The third kappa shape index (κ3) is 3.44. The average Bonchev–Trinajstić information content (AvgIpc) is 2.31. The Balaban J connectivity index is 2.32. The summed E-state index contributed by atoms with van der Waals surface area (Å²) in [6, 6.07) is 13.7. The van der Waals surface area contributed by atoms with E-state index in [1.54, 1.807) is 11.8 Å². The molecule has 86 valence electrons. The van der Waals surface area contributed by atoms with Gasteiger partial charge in [-0.15, -0.1) is 0 Å². The molecule has 2 rings (SSSR count). The summed E-state index contributed by atoms with van der Waals surface area (Å²) in [6.45, 7) is 0. The van der Waals surface area contributed by atoms with E-state index < -0.39 is 0 Å². The average molecular weight is 372 g/mol. The lowest BCUT2D eigenvalue weighted by molar-refractivity contribution is 0.112. The molecule has 2 aromatic carbocycles. The second kappa shape index (κ2) is 5.85. The Morgan fingerprint density at radius 1 is 1.00 bits per heavy atom. The van der Waals surface area contributed by atoms with Crippen LogP contribution in [0.2, 0.25) is 0 Å². The van der Waals surface area contributed by atoms with Crippen LogP contribution in [0.25, 0.3) is 0 Å². The van der Waals surface area contributed by atoms with Crippen LogP contribution in [0.5, 0.6) is 0 Å². The van der Waals surface area contributed by atoms with Crippen molar-refractivity contribution in [1.82, 2.24) is 0 Å². The van der Waals surface area contributed by atoms with E-state index in [9.17, 15) is 4.79 Å². The van der Waals surface area contributed by atoms with Crippen LogP contribution in [0.4, 0.5) is 0 Å². The van der Waals surface area contributed by atoms with Gasteiger partial charge in [0, 0.05) is 24.3 Å². The van der Waals surface area contributed by atoms with Crippen molar-refractivity contribution >= 4 is 49.9 Å². The number of hydrogen-bond acceptors (Lipinski definition) is 2. The first-order valence-electron chi connectivity index (χ1n) is 4.87. The maximum Gasteiger partial charge on any atom is 0.151 e. The molecule has 17 heavy (non-hydrogen) atoms. The molecule has 0 heterocycles. The number of carbonyl (C=O) groups is 1. The van der Waals surface area contributed by atoms with Gasteiger partial charge >= 0.3 is 0 Å². The standard InChI is InChI=1S/C13H8Br2OS/c14-10-2-1-3-12(7-10)17-13-5-4-11(15)6-9(13)8-16/h1-8H. The number of halogens is 2. The van der Waals surface area contributed by atoms with E-state index in [0.717, 1.165) is 25.0 Å². The smallest absolute Gasteiger partial charge is 0.151 e. The van der Waals surface area contributed by atoms with E-state index >= 15 is 0 Å². The minimum Gasteiger partial charge on any atom is -0.298 e. The van der Waals surface area contributed by atoms with E-state index in [1.807, 2.05) is 42.5 Å². The van der Waals surface area contributed by atoms with E-state index in [1.165, 1.54) is 0 Å². The molecule has 0 aliphatic carbocycles. The monoisotopic (exact) mass is 370 g/mol. The molecule has 0 aliphatic rings. The molecule has 0 amide bonds. The van der Waals surface area contributed by atoms with Crippen molar-refractivity contribution in [3.8, 4) is 0 Å². The summed E-state index contributed by atoms with van der Waals surface area (Å²) in [5.41, 5.74) is 0.698. The number of hydrogen-bond donors (Lipinski definition) is 0. The van der Waals surface area contributed by atoms with Crippen LogP contribution >= 0.6 is 43.6 Å². The lowest BCUT2D eigenvalue weighted by atomic mass is 10.2. The fourth-order valence-corrected chi connectivity index (χ4v) is 3.24. The topological polar surface area (TPSA) is 17.1 Å². The summed E-state index contributed by atoms with van der Waals surface area (Å²) in [6.07, 6.45) is 0.880. The van der Waals surface area contributed by atoms with Gasteiger partial charge in [0.2, 0.25) is 0 Å². The van der Waals surface area contributed by atoms with Crippen molar-refractivity contribution in [2.75, 3.05) is 0 Å². The highest BCUT2D eigenvalue weighted by atomic mass is 79.9. The highest BCUT2D eigenvalue weighted by Crippen LogP contribution is 2.32. The Bertz CT molecular complexity index is 555. The van der Waals surface area contributed by atoms with Crippen molar-refractivity contribution in [2.45, 2.75) is 9.79 Å². The zero-order chi connectivity index (χ0) is 12.3. The summed E-state index contributed by atoms with van der Waals surface area (Å²) >= 11 is 8.37. The SMILES string of the molecule is O=Cc1cc(Br)ccc1Sc1cccc(Br)c1. The number of aldehydes is 1. The molecule has 4 heteroatoms. The van der Waals surface area contributed by atoms with Gasteiger partial charge in [-0.05, 0) is 36.4 Å². The van der Waals surface area contributed by atoms with Gasteiger partial charge in [0.15, 0.2) is 6.29 Å². The van der Waals surface area contributed by atoms with Crippen molar-refractivity contribution in [2.24, 2.45) is 0 Å². The second-order valence-corrected chi connectivity index (χ2v) is 6.31. The van der Waals surface area contributed by atoms with E-state index in [2.05, 4.69) is 31.9 Å². The minimum absolute atomic E-state index is 0.698. The molecule has 0 fully saturated rings. The summed E-state index contributed by atoms with van der Waals surface area (Å²) < 4.78 is 1.95. The molecule has 0 N–H and O–H groups in total. The summed E-state index contributed by atoms with van der Waals surface area (Å²) in [5, 5.41) is 0. The van der Waals surface area contributed by atoms with Crippen molar-refractivity contribution < 1.29 is 4.79 Å². The fraction of sp³-hybridized carbons (Fsp3) is 0. The Hall–Kier alpha value is -0.580. The van der Waals surface area contributed by atoms with E-state index in [0.29, 0.717) is 5.56 Å². The zero-order valence-corrected chi connectivity index (χ0v) is 12.7. The lowest BCUT2D eigenvalue weighted by Gasteiger charge is -2.05. The van der Waals surface area contributed by atoms with Gasteiger partial charge in [0.05, 0.1) is 0 Å². The minimum atomic E-state index is 0.698. The largest absolute Gasteiger partial charge is 0.298 e. The van der Waals surface area contributed by atoms with E-state index in [4.69, 9.17) is 0 Å². The molecular weight excluding hydrogens is 364 g/mol. The molecule has 0 radical (unpaired) electrons. The highest BCUT2D eigenvalue weighted by molar-refractivity contribution is 9.10. The summed E-state index contributed by atoms with van der Waals surface area (Å²) in [5.74, 6) is 0. The van der Waals surface area contributed by atoms with Crippen LogP contribution in [0.3, 0.4) is 0 Å².